The number of nitrogens with two attached hydrogens (primary N) is 1. The Bertz CT molecular complexity index is 1540. The van der Waals surface area contributed by atoms with E-state index in [1.54, 1.807) is 4.72 Å². The van der Waals surface area contributed by atoms with Crippen LogP contribution in [0.1, 0.15) is 5.56 Å². The third-order valence-corrected chi connectivity index (χ3v) is 6.15. The molecule has 0 spiro atoms. The van der Waals surface area contributed by atoms with Gasteiger partial charge in [-0.2, -0.15) is 13.2 Å². The highest BCUT2D eigenvalue weighted by atomic mass is 32.2. The largest absolute Gasteiger partial charge is 0.416 e. The Labute approximate surface area is 188 Å². The van der Waals surface area contributed by atoms with E-state index in [2.05, 4.69) is 9.97 Å². The summed E-state index contributed by atoms with van der Waals surface area (Å²) in [6.07, 6.45) is -3.63. The first-order valence-corrected chi connectivity index (χ1v) is 10.8. The van der Waals surface area contributed by atoms with E-state index in [1.165, 1.54) is 24.4 Å². The average molecular weight is 498 g/mol. The lowest BCUT2D eigenvalue weighted by molar-refractivity contribution is -0.137. The van der Waals surface area contributed by atoms with E-state index < -0.39 is 55.4 Å². The molecule has 0 saturated heterocycles. The van der Waals surface area contributed by atoms with Crippen LogP contribution in [0.15, 0.2) is 59.6 Å². The Balaban J connectivity index is 1.78. The van der Waals surface area contributed by atoms with Crippen LogP contribution in [0.5, 0.6) is 0 Å². The Morgan fingerprint density at radius 2 is 1.62 bits per heavy atom. The highest BCUT2D eigenvalue weighted by molar-refractivity contribution is 7.92. The molecular formula is C21H12F6N4O2S. The Morgan fingerprint density at radius 3 is 2.32 bits per heavy atom. The van der Waals surface area contributed by atoms with Crippen molar-refractivity contribution >= 4 is 32.6 Å². The molecule has 3 N–H and O–H groups in total. The van der Waals surface area contributed by atoms with Gasteiger partial charge in [0.05, 0.1) is 22.3 Å². The second-order valence-corrected chi connectivity index (χ2v) is 8.69. The van der Waals surface area contributed by atoms with Gasteiger partial charge in [-0.05, 0) is 48.0 Å². The summed E-state index contributed by atoms with van der Waals surface area (Å²) >= 11 is 0. The molecule has 0 radical (unpaired) electrons. The molecule has 1 heterocycles. The van der Waals surface area contributed by atoms with Crippen molar-refractivity contribution in [1.82, 2.24) is 9.97 Å². The van der Waals surface area contributed by atoms with Crippen molar-refractivity contribution in [3.8, 4) is 11.1 Å². The maximum atomic E-state index is 15.2. The normalized spacial score (nSPS) is 12.2. The number of hydrogen-bond acceptors (Lipinski definition) is 5. The summed E-state index contributed by atoms with van der Waals surface area (Å²) in [7, 11) is -5.02. The first kappa shape index (κ1) is 23.3. The van der Waals surface area contributed by atoms with Gasteiger partial charge in [-0.15, -0.1) is 0 Å². The van der Waals surface area contributed by atoms with Gasteiger partial charge in [0.2, 0.25) is 5.95 Å². The molecule has 0 saturated carbocycles. The van der Waals surface area contributed by atoms with E-state index in [9.17, 15) is 30.4 Å². The number of anilines is 2. The SMILES string of the molecule is Nc1ncc2cc(-c3c(F)ccc(NS(=O)(=O)c4cc(C(F)(F)F)ccc4F)c3F)ccc2n1. The smallest absolute Gasteiger partial charge is 0.368 e. The number of nitrogens with zero attached hydrogens (tertiary/aromatic N) is 2. The molecule has 0 fully saturated rings. The van der Waals surface area contributed by atoms with Crippen molar-refractivity contribution in [3.05, 3.63) is 77.7 Å². The summed E-state index contributed by atoms with van der Waals surface area (Å²) in [5.41, 5.74) is 3.00. The number of hydrogen-bond donors (Lipinski definition) is 2. The predicted molar refractivity (Wildman–Crippen MR) is 112 cm³/mol. The van der Waals surface area contributed by atoms with Crippen molar-refractivity contribution in [2.24, 2.45) is 0 Å². The fraction of sp³-hybridized carbons (Fsp3) is 0.0476. The molecule has 0 aliphatic rings. The summed E-state index contributed by atoms with van der Waals surface area (Å²) in [6, 6.07) is 6.30. The van der Waals surface area contributed by atoms with Crippen LogP contribution in [0.25, 0.3) is 22.0 Å². The third-order valence-electron chi connectivity index (χ3n) is 4.77. The second kappa shape index (κ2) is 8.17. The van der Waals surface area contributed by atoms with Crippen LogP contribution in [-0.4, -0.2) is 18.4 Å². The van der Waals surface area contributed by atoms with Crippen LogP contribution in [0.3, 0.4) is 0 Å². The molecule has 0 bridgehead atoms. The zero-order chi connectivity index (χ0) is 24.8. The first-order chi connectivity index (χ1) is 15.9. The topological polar surface area (TPSA) is 98.0 Å². The monoisotopic (exact) mass is 498 g/mol. The van der Waals surface area contributed by atoms with E-state index in [4.69, 9.17) is 5.73 Å². The van der Waals surface area contributed by atoms with Crippen molar-refractivity contribution in [3.63, 3.8) is 0 Å². The van der Waals surface area contributed by atoms with Crippen molar-refractivity contribution in [2.75, 3.05) is 10.5 Å². The van der Waals surface area contributed by atoms with Crippen LogP contribution < -0.4 is 10.5 Å². The summed E-state index contributed by atoms with van der Waals surface area (Å²) in [5.74, 6) is -3.93. The number of rotatable bonds is 4. The fourth-order valence-electron chi connectivity index (χ4n) is 3.18. The molecule has 3 aromatic carbocycles. The zero-order valence-electron chi connectivity index (χ0n) is 16.7. The second-order valence-electron chi connectivity index (χ2n) is 7.03. The van der Waals surface area contributed by atoms with Crippen molar-refractivity contribution in [1.29, 1.82) is 0 Å². The number of aromatic nitrogens is 2. The van der Waals surface area contributed by atoms with Crippen LogP contribution in [-0.2, 0) is 16.2 Å². The summed E-state index contributed by atoms with van der Waals surface area (Å²) < 4.78 is 110. The number of sulfonamides is 1. The van der Waals surface area contributed by atoms with Gasteiger partial charge in [0.15, 0.2) is 5.82 Å². The molecule has 6 nitrogen and oxygen atoms in total. The number of benzene rings is 3. The molecule has 176 valence electrons. The van der Waals surface area contributed by atoms with Gasteiger partial charge in [-0.1, -0.05) is 6.07 Å². The maximum Gasteiger partial charge on any atom is 0.416 e. The molecule has 0 amide bonds. The quantitative estimate of drug-likeness (QED) is 0.381. The van der Waals surface area contributed by atoms with Gasteiger partial charge in [-0.25, -0.2) is 31.6 Å². The highest BCUT2D eigenvalue weighted by Crippen LogP contribution is 2.35. The minimum Gasteiger partial charge on any atom is -0.368 e. The highest BCUT2D eigenvalue weighted by Gasteiger charge is 2.33. The molecular weight excluding hydrogens is 486 g/mol. The average Bonchev–Trinajstić information content (AvgIpc) is 2.75. The van der Waals surface area contributed by atoms with Crippen LogP contribution in [0.2, 0.25) is 0 Å². The van der Waals surface area contributed by atoms with Gasteiger partial charge in [0.1, 0.15) is 16.5 Å². The standard InChI is InChI=1S/C21H12F6N4O2S/c22-13-3-2-12(21(25,26)27)8-17(13)34(32,33)31-16-6-4-14(23)18(19(16)24)10-1-5-15-11(7-10)9-29-20(28)30-15/h1-9,31H,(H2,28,29,30). The number of alkyl halides is 3. The van der Waals surface area contributed by atoms with Gasteiger partial charge in [-0.3, -0.25) is 4.72 Å². The first-order valence-electron chi connectivity index (χ1n) is 9.27. The summed E-state index contributed by atoms with van der Waals surface area (Å²) in [5, 5.41) is 0.377. The van der Waals surface area contributed by atoms with E-state index in [1.807, 2.05) is 0 Å². The van der Waals surface area contributed by atoms with Gasteiger partial charge < -0.3 is 5.73 Å². The molecule has 1 aromatic heterocycles. The number of fused-ring (bicyclic) bond motifs is 1. The molecule has 0 unspecified atom stereocenters. The minimum absolute atomic E-state index is 0.0119. The lowest BCUT2D eigenvalue weighted by Gasteiger charge is -2.14. The van der Waals surface area contributed by atoms with Crippen molar-refractivity contribution < 1.29 is 34.8 Å². The van der Waals surface area contributed by atoms with E-state index in [-0.39, 0.29) is 17.6 Å². The fourth-order valence-corrected chi connectivity index (χ4v) is 4.35. The lowest BCUT2D eigenvalue weighted by Crippen LogP contribution is -2.17. The van der Waals surface area contributed by atoms with E-state index in [0.29, 0.717) is 23.0 Å². The predicted octanol–water partition coefficient (Wildman–Crippen LogP) is 5.12. The molecule has 34 heavy (non-hydrogen) atoms. The molecule has 0 atom stereocenters. The van der Waals surface area contributed by atoms with Crippen LogP contribution in [0, 0.1) is 17.5 Å². The molecule has 0 aliphatic carbocycles. The summed E-state index contributed by atoms with van der Waals surface area (Å²) in [4.78, 5) is 6.40. The molecule has 0 aliphatic heterocycles. The maximum absolute atomic E-state index is 15.2. The lowest BCUT2D eigenvalue weighted by atomic mass is 10.0. The van der Waals surface area contributed by atoms with Crippen LogP contribution in [0.4, 0.5) is 38.0 Å². The third kappa shape index (κ3) is 4.33. The Hall–Kier alpha value is -3.87. The molecule has 4 rings (SSSR count). The Morgan fingerprint density at radius 1 is 0.912 bits per heavy atom. The zero-order valence-corrected chi connectivity index (χ0v) is 17.5. The van der Waals surface area contributed by atoms with Crippen LogP contribution >= 0.6 is 0 Å². The Kier molecular flexibility index (Phi) is 5.59. The van der Waals surface area contributed by atoms with Gasteiger partial charge in [0.25, 0.3) is 10.0 Å². The molecule has 13 heteroatoms. The number of nitrogens with one attached hydrogen (secondary N) is 1. The van der Waals surface area contributed by atoms with E-state index in [0.717, 1.165) is 12.1 Å². The van der Waals surface area contributed by atoms with Crippen molar-refractivity contribution in [2.45, 2.75) is 11.1 Å². The van der Waals surface area contributed by atoms with E-state index >= 15 is 4.39 Å². The molecule has 4 aromatic rings. The van der Waals surface area contributed by atoms with Gasteiger partial charge >= 0.3 is 6.18 Å². The number of halogens is 6. The summed E-state index contributed by atoms with van der Waals surface area (Å²) in [6.45, 7) is 0. The number of nitrogen functional groups attached to an aromatic ring is 1. The minimum atomic E-state index is -5.02. The van der Waals surface area contributed by atoms with Gasteiger partial charge in [0, 0.05) is 11.6 Å².